The van der Waals surface area contributed by atoms with E-state index in [0.717, 1.165) is 18.5 Å². The fourth-order valence-electron chi connectivity index (χ4n) is 1.84. The molecule has 0 bridgehead atoms. The normalized spacial score (nSPS) is 12.8. The number of nitrogens with one attached hydrogen (secondary N) is 1. The Morgan fingerprint density at radius 3 is 2.67 bits per heavy atom. The van der Waals surface area contributed by atoms with E-state index >= 15 is 0 Å². The fraction of sp³-hybridized carbons (Fsp3) is 0.692. The molecule has 102 valence electrons. The molecule has 18 heavy (non-hydrogen) atoms. The SMILES string of the molecule is CCc1cc(C(=O)NC(CCCl)C(C)C)n(C)n1. The van der Waals surface area contributed by atoms with Crippen molar-refractivity contribution in [1.29, 1.82) is 0 Å². The zero-order valence-electron chi connectivity index (χ0n) is 11.5. The Morgan fingerprint density at radius 1 is 1.56 bits per heavy atom. The van der Waals surface area contributed by atoms with Gasteiger partial charge in [0, 0.05) is 19.0 Å². The van der Waals surface area contributed by atoms with Gasteiger partial charge in [-0.1, -0.05) is 20.8 Å². The summed E-state index contributed by atoms with van der Waals surface area (Å²) in [6.07, 6.45) is 1.61. The minimum Gasteiger partial charge on any atom is -0.348 e. The monoisotopic (exact) mass is 271 g/mol. The van der Waals surface area contributed by atoms with E-state index in [2.05, 4.69) is 24.3 Å². The Hall–Kier alpha value is -1.03. The van der Waals surface area contributed by atoms with Gasteiger partial charge in [-0.25, -0.2) is 0 Å². The molecule has 0 radical (unpaired) electrons. The third kappa shape index (κ3) is 3.73. The van der Waals surface area contributed by atoms with Crippen molar-refractivity contribution in [3.05, 3.63) is 17.5 Å². The number of carbonyl (C=O) groups is 1. The lowest BCUT2D eigenvalue weighted by molar-refractivity contribution is 0.0915. The van der Waals surface area contributed by atoms with Gasteiger partial charge in [0.15, 0.2) is 0 Å². The number of hydrogen-bond acceptors (Lipinski definition) is 2. The number of halogens is 1. The van der Waals surface area contributed by atoms with Crippen molar-refractivity contribution in [2.24, 2.45) is 13.0 Å². The molecule has 1 rings (SSSR count). The van der Waals surface area contributed by atoms with Gasteiger partial charge >= 0.3 is 0 Å². The van der Waals surface area contributed by atoms with Gasteiger partial charge in [0.25, 0.3) is 5.91 Å². The first-order chi connectivity index (χ1) is 8.49. The maximum Gasteiger partial charge on any atom is 0.269 e. The third-order valence-electron chi connectivity index (χ3n) is 3.07. The maximum atomic E-state index is 12.2. The lowest BCUT2D eigenvalue weighted by atomic mass is 10.0. The van der Waals surface area contributed by atoms with Crippen molar-refractivity contribution >= 4 is 17.5 Å². The summed E-state index contributed by atoms with van der Waals surface area (Å²) in [5.41, 5.74) is 1.54. The van der Waals surface area contributed by atoms with Crippen LogP contribution in [0.3, 0.4) is 0 Å². The number of carbonyl (C=O) groups excluding carboxylic acids is 1. The minimum atomic E-state index is -0.0754. The number of hydrogen-bond donors (Lipinski definition) is 1. The van der Waals surface area contributed by atoms with E-state index in [1.165, 1.54) is 0 Å². The highest BCUT2D eigenvalue weighted by atomic mass is 35.5. The summed E-state index contributed by atoms with van der Waals surface area (Å²) in [4.78, 5) is 12.2. The van der Waals surface area contributed by atoms with Crippen LogP contribution in [0.2, 0.25) is 0 Å². The molecule has 0 aliphatic carbocycles. The summed E-state index contributed by atoms with van der Waals surface area (Å²) in [6.45, 7) is 6.19. The van der Waals surface area contributed by atoms with Crippen molar-refractivity contribution in [3.8, 4) is 0 Å². The van der Waals surface area contributed by atoms with E-state index in [1.807, 2.05) is 13.0 Å². The Bertz CT molecular complexity index is 401. The van der Waals surface area contributed by atoms with Gasteiger partial charge in [0.1, 0.15) is 5.69 Å². The highest BCUT2D eigenvalue weighted by Crippen LogP contribution is 2.10. The number of aromatic nitrogens is 2. The molecular weight excluding hydrogens is 250 g/mol. The molecule has 0 aliphatic rings. The van der Waals surface area contributed by atoms with Crippen LogP contribution in [0.5, 0.6) is 0 Å². The molecule has 0 aliphatic heterocycles. The second-order valence-electron chi connectivity index (χ2n) is 4.80. The highest BCUT2D eigenvalue weighted by molar-refractivity contribution is 6.17. The predicted molar refractivity (Wildman–Crippen MR) is 74.0 cm³/mol. The lowest BCUT2D eigenvalue weighted by Crippen LogP contribution is -2.39. The molecule has 1 atom stereocenters. The van der Waals surface area contributed by atoms with E-state index < -0.39 is 0 Å². The van der Waals surface area contributed by atoms with Crippen LogP contribution in [-0.4, -0.2) is 27.6 Å². The molecule has 0 spiro atoms. The molecular formula is C13H22ClN3O. The van der Waals surface area contributed by atoms with Gasteiger partial charge in [-0.05, 0) is 24.8 Å². The van der Waals surface area contributed by atoms with E-state index in [4.69, 9.17) is 11.6 Å². The number of aryl methyl sites for hydroxylation is 2. The molecule has 1 unspecified atom stereocenters. The molecule has 1 aromatic rings. The summed E-state index contributed by atoms with van der Waals surface area (Å²) < 4.78 is 1.63. The summed E-state index contributed by atoms with van der Waals surface area (Å²) in [7, 11) is 1.79. The summed E-state index contributed by atoms with van der Waals surface area (Å²) in [5, 5.41) is 7.31. The Labute approximate surface area is 114 Å². The molecule has 0 aromatic carbocycles. The molecule has 0 saturated heterocycles. The smallest absolute Gasteiger partial charge is 0.269 e. The van der Waals surface area contributed by atoms with Crippen LogP contribution in [0.25, 0.3) is 0 Å². The topological polar surface area (TPSA) is 46.9 Å². The van der Waals surface area contributed by atoms with Gasteiger partial charge in [0.2, 0.25) is 0 Å². The Kier molecular flexibility index (Phi) is 5.66. The van der Waals surface area contributed by atoms with Crippen LogP contribution >= 0.6 is 11.6 Å². The van der Waals surface area contributed by atoms with Crippen LogP contribution in [0.4, 0.5) is 0 Å². The number of amides is 1. The van der Waals surface area contributed by atoms with Gasteiger partial charge in [-0.2, -0.15) is 5.10 Å². The molecule has 4 nitrogen and oxygen atoms in total. The zero-order chi connectivity index (χ0) is 13.7. The van der Waals surface area contributed by atoms with Crippen LogP contribution in [-0.2, 0) is 13.5 Å². The molecule has 1 amide bonds. The average molecular weight is 272 g/mol. The summed E-state index contributed by atoms with van der Waals surface area (Å²) in [5.74, 6) is 0.842. The van der Waals surface area contributed by atoms with Crippen molar-refractivity contribution in [3.63, 3.8) is 0 Å². The largest absolute Gasteiger partial charge is 0.348 e. The number of alkyl halides is 1. The van der Waals surface area contributed by atoms with E-state index in [1.54, 1.807) is 11.7 Å². The third-order valence-corrected chi connectivity index (χ3v) is 3.28. The Balaban J connectivity index is 2.76. The van der Waals surface area contributed by atoms with Gasteiger partial charge in [-0.15, -0.1) is 11.6 Å². The number of nitrogens with zero attached hydrogens (tertiary/aromatic N) is 2. The lowest BCUT2D eigenvalue weighted by Gasteiger charge is -2.21. The van der Waals surface area contributed by atoms with Crippen molar-refractivity contribution in [2.45, 2.75) is 39.7 Å². The first-order valence-corrected chi connectivity index (χ1v) is 6.92. The first-order valence-electron chi connectivity index (χ1n) is 6.39. The second-order valence-corrected chi connectivity index (χ2v) is 5.18. The average Bonchev–Trinajstić information content (AvgIpc) is 2.69. The van der Waals surface area contributed by atoms with Gasteiger partial charge in [0.05, 0.1) is 5.69 Å². The molecule has 0 saturated carbocycles. The first kappa shape index (κ1) is 15.0. The fourth-order valence-corrected chi connectivity index (χ4v) is 2.08. The van der Waals surface area contributed by atoms with Gasteiger partial charge < -0.3 is 5.32 Å². The van der Waals surface area contributed by atoms with Crippen molar-refractivity contribution < 1.29 is 4.79 Å². The predicted octanol–water partition coefficient (Wildman–Crippen LogP) is 2.37. The van der Waals surface area contributed by atoms with Crippen LogP contribution in [0, 0.1) is 5.92 Å². The summed E-state index contributed by atoms with van der Waals surface area (Å²) in [6, 6.07) is 1.95. The molecule has 5 heteroatoms. The zero-order valence-corrected chi connectivity index (χ0v) is 12.3. The molecule has 1 heterocycles. The highest BCUT2D eigenvalue weighted by Gasteiger charge is 2.19. The molecule has 0 fully saturated rings. The summed E-state index contributed by atoms with van der Waals surface area (Å²) >= 11 is 5.76. The standard InChI is InChI=1S/C13H22ClN3O/c1-5-10-8-12(17(4)16-10)13(18)15-11(6-7-14)9(2)3/h8-9,11H,5-7H2,1-4H3,(H,15,18). The second kappa shape index (κ2) is 6.78. The van der Waals surface area contributed by atoms with Crippen molar-refractivity contribution in [1.82, 2.24) is 15.1 Å². The number of rotatable bonds is 6. The maximum absolute atomic E-state index is 12.2. The van der Waals surface area contributed by atoms with Crippen LogP contribution in [0.15, 0.2) is 6.07 Å². The van der Waals surface area contributed by atoms with Crippen LogP contribution < -0.4 is 5.32 Å². The van der Waals surface area contributed by atoms with E-state index in [9.17, 15) is 4.79 Å². The van der Waals surface area contributed by atoms with Gasteiger partial charge in [-0.3, -0.25) is 9.48 Å². The quantitative estimate of drug-likeness (QED) is 0.808. The van der Waals surface area contributed by atoms with Crippen molar-refractivity contribution in [2.75, 3.05) is 5.88 Å². The van der Waals surface area contributed by atoms with E-state index in [0.29, 0.717) is 17.5 Å². The molecule has 1 aromatic heterocycles. The minimum absolute atomic E-state index is 0.0754. The molecule has 1 N–H and O–H groups in total. The van der Waals surface area contributed by atoms with Crippen LogP contribution in [0.1, 0.15) is 43.4 Å². The Morgan fingerprint density at radius 2 is 2.22 bits per heavy atom. The van der Waals surface area contributed by atoms with E-state index in [-0.39, 0.29) is 11.9 Å².